The van der Waals surface area contributed by atoms with E-state index < -0.39 is 23.6 Å². The van der Waals surface area contributed by atoms with Crippen molar-refractivity contribution in [2.45, 2.75) is 27.7 Å². The highest BCUT2D eigenvalue weighted by Gasteiger charge is 2.46. The fraction of sp³-hybridized carbons (Fsp3) is 0.0833. The molecular weight excluding hydrogens is 669 g/mol. The normalized spacial score (nSPS) is 14.7. The molecule has 0 spiro atoms. The van der Waals surface area contributed by atoms with Crippen molar-refractivity contribution in [1.29, 1.82) is 0 Å². The third-order valence-corrected chi connectivity index (χ3v) is 12.5. The van der Waals surface area contributed by atoms with Crippen molar-refractivity contribution < 1.29 is 19.2 Å². The highest BCUT2D eigenvalue weighted by Crippen LogP contribution is 2.48. The fourth-order valence-electron chi connectivity index (χ4n) is 10.2. The van der Waals surface area contributed by atoms with E-state index in [9.17, 15) is 19.2 Å². The van der Waals surface area contributed by atoms with Gasteiger partial charge in [-0.1, -0.05) is 72.8 Å². The Morgan fingerprint density at radius 3 is 0.704 bits per heavy atom. The maximum Gasteiger partial charge on any atom is 0.281 e. The Kier molecular flexibility index (Phi) is 5.24. The zero-order valence-electron chi connectivity index (χ0n) is 29.8. The number of rotatable bonds is 1. The van der Waals surface area contributed by atoms with Crippen molar-refractivity contribution in [3.05, 3.63) is 142 Å². The molecule has 0 aliphatic carbocycles. The highest BCUT2D eigenvalue weighted by molar-refractivity contribution is 6.41. The molecule has 10 aromatic carbocycles. The van der Waals surface area contributed by atoms with Gasteiger partial charge in [0.2, 0.25) is 0 Å². The molecule has 12 rings (SSSR count). The number of hydrogen-bond donors (Lipinski definition) is 0. The lowest BCUT2D eigenvalue weighted by Crippen LogP contribution is -2.58. The predicted octanol–water partition coefficient (Wildman–Crippen LogP) is 10.8. The molecule has 0 aromatic heterocycles. The van der Waals surface area contributed by atoms with E-state index in [4.69, 9.17) is 0 Å². The Labute approximate surface area is 307 Å². The second-order valence-electron chi connectivity index (χ2n) is 15.2. The van der Waals surface area contributed by atoms with Crippen molar-refractivity contribution in [3.63, 3.8) is 0 Å². The quantitative estimate of drug-likeness (QED) is 0.0973. The molecule has 54 heavy (non-hydrogen) atoms. The number of amides is 4. The SMILES string of the molecule is Cc1ccc2c3ccc4c5c(ccc(c6ccc(C)c1c26)c53)C(=O)N(N1C(=O)c2ccc3c5ccc(C)c6c(C)ccc(c7ccc(c2c37)C1=O)c65)C4=O. The van der Waals surface area contributed by atoms with Crippen molar-refractivity contribution in [1.82, 2.24) is 10.0 Å². The highest BCUT2D eigenvalue weighted by atomic mass is 16.2. The summed E-state index contributed by atoms with van der Waals surface area (Å²) in [5.74, 6) is -2.83. The van der Waals surface area contributed by atoms with Crippen LogP contribution < -0.4 is 0 Å². The summed E-state index contributed by atoms with van der Waals surface area (Å²) < 4.78 is 0. The van der Waals surface area contributed by atoms with Crippen LogP contribution in [0.4, 0.5) is 0 Å². The van der Waals surface area contributed by atoms with E-state index in [0.717, 1.165) is 74.7 Å². The van der Waals surface area contributed by atoms with Crippen molar-refractivity contribution in [3.8, 4) is 0 Å². The van der Waals surface area contributed by atoms with Crippen molar-refractivity contribution >= 4 is 110 Å². The molecule has 0 saturated heterocycles. The van der Waals surface area contributed by atoms with E-state index in [0.29, 0.717) is 10.8 Å². The van der Waals surface area contributed by atoms with Crippen molar-refractivity contribution in [2.75, 3.05) is 0 Å². The van der Waals surface area contributed by atoms with Gasteiger partial charge >= 0.3 is 0 Å². The van der Waals surface area contributed by atoms with Crippen LogP contribution in [0.1, 0.15) is 63.7 Å². The molecule has 2 heterocycles. The predicted molar refractivity (Wildman–Crippen MR) is 215 cm³/mol. The number of imide groups is 2. The lowest BCUT2D eigenvalue weighted by molar-refractivity contribution is 0.00213. The van der Waals surface area contributed by atoms with Crippen LogP contribution >= 0.6 is 0 Å². The maximum atomic E-state index is 14.6. The summed E-state index contributed by atoms with van der Waals surface area (Å²) in [5, 5.41) is 17.0. The number of aryl methyl sites for hydroxylation is 4. The van der Waals surface area contributed by atoms with Crippen molar-refractivity contribution in [2.24, 2.45) is 0 Å². The minimum Gasteiger partial charge on any atom is -0.267 e. The molecule has 254 valence electrons. The average molecular weight is 697 g/mol. The molecule has 0 unspecified atom stereocenters. The third kappa shape index (κ3) is 3.21. The molecule has 0 radical (unpaired) electrons. The topological polar surface area (TPSA) is 74.8 Å². The third-order valence-electron chi connectivity index (χ3n) is 12.5. The van der Waals surface area contributed by atoms with Gasteiger partial charge in [-0.3, -0.25) is 19.2 Å². The van der Waals surface area contributed by atoms with Crippen LogP contribution in [0.3, 0.4) is 0 Å². The van der Waals surface area contributed by atoms with E-state index in [1.54, 1.807) is 24.3 Å². The Bertz CT molecular complexity index is 3080. The smallest absolute Gasteiger partial charge is 0.267 e. The number of carbonyl (C=O) groups is 4. The van der Waals surface area contributed by atoms with Gasteiger partial charge in [0.05, 0.1) is 22.3 Å². The number of carbonyl (C=O) groups excluding carboxylic acids is 4. The molecule has 6 heteroatoms. The van der Waals surface area contributed by atoms with E-state index >= 15 is 0 Å². The molecule has 0 N–H and O–H groups in total. The minimum atomic E-state index is -0.706. The monoisotopic (exact) mass is 696 g/mol. The Balaban J connectivity index is 1.07. The molecule has 6 nitrogen and oxygen atoms in total. The number of hydrogen-bond acceptors (Lipinski definition) is 4. The number of hydrazine groups is 1. The van der Waals surface area contributed by atoms with E-state index in [1.807, 2.05) is 24.3 Å². The van der Waals surface area contributed by atoms with Gasteiger partial charge in [-0.15, -0.1) is 0 Å². The lowest BCUT2D eigenvalue weighted by Gasteiger charge is -2.37. The van der Waals surface area contributed by atoms with Gasteiger partial charge in [-0.05, 0) is 150 Å². The number of nitrogens with zero attached hydrogens (tertiary/aromatic N) is 2. The average Bonchev–Trinajstić information content (AvgIpc) is 3.17. The second kappa shape index (κ2) is 9.54. The summed E-state index contributed by atoms with van der Waals surface area (Å²) in [6.07, 6.45) is 0. The van der Waals surface area contributed by atoms with Gasteiger partial charge < -0.3 is 0 Å². The number of fused-ring (bicyclic) bond motifs is 4. The second-order valence-corrected chi connectivity index (χ2v) is 15.2. The van der Waals surface area contributed by atoms with Crippen LogP contribution in [0.25, 0.3) is 86.2 Å². The molecule has 4 amide bonds. The standard InChI is InChI=1S/C48H28N2O4/c1-21-5-9-25-29-13-17-33-43-34(18-14-30(41(29)43)26-10-6-22(2)37(21)39(25)26)46(52)49(45(33)51)50-47(53)35-19-15-31-27-11-7-23(3)38-24(4)8-12-28(40(27)38)32-16-20-36(48(50)54)44(35)42(31)32/h5-20H,1-4H3. The molecule has 2 aliphatic heterocycles. The molecule has 0 fully saturated rings. The van der Waals surface area contributed by atoms with E-state index in [-0.39, 0.29) is 22.3 Å². The minimum absolute atomic E-state index is 0.274. The lowest BCUT2D eigenvalue weighted by atomic mass is 9.83. The van der Waals surface area contributed by atoms with Gasteiger partial charge in [0.25, 0.3) is 23.6 Å². The first-order valence-electron chi connectivity index (χ1n) is 18.2. The first-order chi connectivity index (χ1) is 26.2. The summed E-state index contributed by atoms with van der Waals surface area (Å²) in [4.78, 5) is 58.5. The van der Waals surface area contributed by atoms with Gasteiger partial charge in [0, 0.05) is 10.8 Å². The largest absolute Gasteiger partial charge is 0.281 e. The van der Waals surface area contributed by atoms with Crippen LogP contribution in [0.2, 0.25) is 0 Å². The molecule has 0 saturated carbocycles. The summed E-state index contributed by atoms with van der Waals surface area (Å²) in [6, 6.07) is 31.6. The van der Waals surface area contributed by atoms with E-state index in [1.165, 1.54) is 33.0 Å². The zero-order valence-corrected chi connectivity index (χ0v) is 29.8. The number of benzene rings is 10. The summed E-state index contributed by atoms with van der Waals surface area (Å²) in [7, 11) is 0. The molecule has 10 aromatic rings. The van der Waals surface area contributed by atoms with Crippen LogP contribution in [0.5, 0.6) is 0 Å². The van der Waals surface area contributed by atoms with Gasteiger partial charge in [0.15, 0.2) is 0 Å². The Morgan fingerprint density at radius 1 is 0.259 bits per heavy atom. The Hall–Kier alpha value is -6.92. The summed E-state index contributed by atoms with van der Waals surface area (Å²) in [6.45, 7) is 8.47. The fourth-order valence-corrected chi connectivity index (χ4v) is 10.2. The zero-order chi connectivity index (χ0) is 36.6. The summed E-state index contributed by atoms with van der Waals surface area (Å²) >= 11 is 0. The van der Waals surface area contributed by atoms with Crippen LogP contribution in [-0.4, -0.2) is 33.6 Å². The molecule has 2 aliphatic rings. The molecule has 0 atom stereocenters. The van der Waals surface area contributed by atoms with Gasteiger partial charge in [-0.25, -0.2) is 0 Å². The van der Waals surface area contributed by atoms with Crippen LogP contribution in [0, 0.1) is 27.7 Å². The maximum absolute atomic E-state index is 14.6. The molecular formula is C48H28N2O4. The van der Waals surface area contributed by atoms with E-state index in [2.05, 4.69) is 76.2 Å². The Morgan fingerprint density at radius 2 is 0.463 bits per heavy atom. The molecule has 0 bridgehead atoms. The summed E-state index contributed by atoms with van der Waals surface area (Å²) in [5.41, 5.74) is 5.85. The van der Waals surface area contributed by atoms with Gasteiger partial charge in [0.1, 0.15) is 0 Å². The first-order valence-corrected chi connectivity index (χ1v) is 18.2. The van der Waals surface area contributed by atoms with Crippen LogP contribution in [-0.2, 0) is 0 Å². The first kappa shape index (κ1) is 29.6. The van der Waals surface area contributed by atoms with Gasteiger partial charge in [-0.2, -0.15) is 10.0 Å². The van der Waals surface area contributed by atoms with Crippen LogP contribution in [0.15, 0.2) is 97.1 Å².